The maximum Gasteiger partial charge on any atom is 0.229 e. The van der Waals surface area contributed by atoms with Gasteiger partial charge in [0.25, 0.3) is 0 Å². The molecule has 1 unspecified atom stereocenters. The number of nitrogens with one attached hydrogen (secondary N) is 1. The molecule has 5 heteroatoms. The molecule has 1 aromatic carbocycles. The van der Waals surface area contributed by atoms with Crippen molar-refractivity contribution >= 4 is 33.4 Å². The molecule has 0 spiro atoms. The fraction of sp³-hybridized carbons (Fsp3) is 0.500. The number of benzene rings is 1. The van der Waals surface area contributed by atoms with Crippen LogP contribution < -0.4 is 5.32 Å². The first-order valence-electron chi connectivity index (χ1n) is 7.44. The Morgan fingerprint density at radius 3 is 2.95 bits per heavy atom. The number of carbonyl (C=O) groups excluding carboxylic acids is 2. The zero-order valence-corrected chi connectivity index (χ0v) is 13.9. The highest BCUT2D eigenvalue weighted by atomic mass is 79.9. The van der Waals surface area contributed by atoms with Crippen LogP contribution in [0, 0.1) is 5.92 Å². The third kappa shape index (κ3) is 4.56. The van der Waals surface area contributed by atoms with Crippen LogP contribution in [0.4, 0.5) is 5.69 Å². The van der Waals surface area contributed by atoms with Gasteiger partial charge in [-0.15, -0.1) is 0 Å². The number of amides is 2. The van der Waals surface area contributed by atoms with Crippen molar-refractivity contribution in [3.05, 3.63) is 28.7 Å². The molecule has 114 valence electrons. The summed E-state index contributed by atoms with van der Waals surface area (Å²) in [6.07, 6.45) is 3.60. The van der Waals surface area contributed by atoms with Crippen LogP contribution in [0.15, 0.2) is 28.7 Å². The van der Waals surface area contributed by atoms with Crippen LogP contribution in [0.25, 0.3) is 0 Å². The van der Waals surface area contributed by atoms with E-state index < -0.39 is 0 Å². The molecule has 1 atom stereocenters. The molecule has 2 amide bonds. The molecule has 21 heavy (non-hydrogen) atoms. The molecule has 0 aromatic heterocycles. The van der Waals surface area contributed by atoms with E-state index in [0.29, 0.717) is 13.0 Å². The van der Waals surface area contributed by atoms with Gasteiger partial charge in [0.05, 0.1) is 5.92 Å². The van der Waals surface area contributed by atoms with Crippen LogP contribution in [0.2, 0.25) is 0 Å². The predicted molar refractivity (Wildman–Crippen MR) is 87.0 cm³/mol. The Morgan fingerprint density at radius 1 is 1.43 bits per heavy atom. The zero-order chi connectivity index (χ0) is 15.2. The Labute approximate surface area is 134 Å². The number of carbonyl (C=O) groups is 2. The number of hydrogen-bond donors (Lipinski definition) is 1. The van der Waals surface area contributed by atoms with Gasteiger partial charge in [0.1, 0.15) is 0 Å². The minimum absolute atomic E-state index is 0.0700. The van der Waals surface area contributed by atoms with Crippen molar-refractivity contribution in [1.29, 1.82) is 0 Å². The Balaban J connectivity index is 1.88. The van der Waals surface area contributed by atoms with E-state index in [4.69, 9.17) is 0 Å². The van der Waals surface area contributed by atoms with E-state index in [1.165, 1.54) is 0 Å². The summed E-state index contributed by atoms with van der Waals surface area (Å²) in [5.41, 5.74) is 0.756. The summed E-state index contributed by atoms with van der Waals surface area (Å²) in [4.78, 5) is 26.0. The highest BCUT2D eigenvalue weighted by Gasteiger charge is 2.33. The Bertz CT molecular complexity index is 519. The van der Waals surface area contributed by atoms with Crippen molar-refractivity contribution < 1.29 is 9.59 Å². The van der Waals surface area contributed by atoms with Gasteiger partial charge in [0.15, 0.2) is 0 Å². The first kappa shape index (κ1) is 16.0. The van der Waals surface area contributed by atoms with Crippen LogP contribution in [-0.4, -0.2) is 29.8 Å². The molecule has 4 nitrogen and oxygen atoms in total. The summed E-state index contributed by atoms with van der Waals surface area (Å²) in [7, 11) is 0. The molecule has 0 saturated carbocycles. The molecule has 1 aliphatic rings. The van der Waals surface area contributed by atoms with Gasteiger partial charge in [-0.3, -0.25) is 9.59 Å². The van der Waals surface area contributed by atoms with Crippen molar-refractivity contribution in [2.24, 2.45) is 5.92 Å². The highest BCUT2D eigenvalue weighted by molar-refractivity contribution is 9.10. The van der Waals surface area contributed by atoms with E-state index in [1.54, 1.807) is 0 Å². The summed E-state index contributed by atoms with van der Waals surface area (Å²) < 4.78 is 0.920. The first-order chi connectivity index (χ1) is 10.1. The summed E-state index contributed by atoms with van der Waals surface area (Å²) in [6.45, 7) is 3.45. The summed E-state index contributed by atoms with van der Waals surface area (Å²) in [6, 6.07) is 7.48. The summed E-state index contributed by atoms with van der Waals surface area (Å²) in [5, 5.41) is 2.89. The number of likely N-dealkylation sites (tertiary alicyclic amines) is 1. The Morgan fingerprint density at radius 2 is 2.24 bits per heavy atom. The number of unbranched alkanes of at least 4 members (excludes halogenated alkanes) is 2. The summed E-state index contributed by atoms with van der Waals surface area (Å²) in [5.74, 6) is -0.210. The molecule has 1 aliphatic heterocycles. The van der Waals surface area contributed by atoms with Gasteiger partial charge in [-0.1, -0.05) is 41.8 Å². The number of rotatable bonds is 6. The maximum atomic E-state index is 12.2. The average molecular weight is 353 g/mol. The standard InChI is InChI=1S/C16H21BrN2O2/c1-2-3-4-8-19-11-12(9-15(19)20)16(21)18-14-7-5-6-13(17)10-14/h5-7,10,12H,2-4,8-9,11H2,1H3,(H,18,21). The minimum Gasteiger partial charge on any atom is -0.342 e. The number of nitrogens with zero attached hydrogens (tertiary/aromatic N) is 1. The quantitative estimate of drug-likeness (QED) is 0.797. The van der Waals surface area contributed by atoms with Crippen LogP contribution in [0.1, 0.15) is 32.6 Å². The Kier molecular flexibility index (Phi) is 5.79. The maximum absolute atomic E-state index is 12.2. The van der Waals surface area contributed by atoms with E-state index in [9.17, 15) is 9.59 Å². The number of halogens is 1. The van der Waals surface area contributed by atoms with Crippen molar-refractivity contribution in [3.63, 3.8) is 0 Å². The third-order valence-corrected chi connectivity index (χ3v) is 4.20. The number of anilines is 1. The van der Waals surface area contributed by atoms with Gasteiger partial charge in [-0.2, -0.15) is 0 Å². The van der Waals surface area contributed by atoms with E-state index in [2.05, 4.69) is 28.2 Å². The van der Waals surface area contributed by atoms with E-state index >= 15 is 0 Å². The predicted octanol–water partition coefficient (Wildman–Crippen LogP) is 3.43. The Hall–Kier alpha value is -1.36. The van der Waals surface area contributed by atoms with Crippen molar-refractivity contribution in [1.82, 2.24) is 4.90 Å². The molecule has 1 saturated heterocycles. The lowest BCUT2D eigenvalue weighted by Crippen LogP contribution is -2.29. The second-order valence-corrected chi connectivity index (χ2v) is 6.36. The van der Waals surface area contributed by atoms with Crippen molar-refractivity contribution in [2.45, 2.75) is 32.6 Å². The van der Waals surface area contributed by atoms with Gasteiger partial charge in [-0.05, 0) is 24.6 Å². The van der Waals surface area contributed by atoms with Crippen molar-refractivity contribution in [2.75, 3.05) is 18.4 Å². The van der Waals surface area contributed by atoms with E-state index in [0.717, 1.165) is 36.0 Å². The van der Waals surface area contributed by atoms with Gasteiger partial charge in [0, 0.05) is 29.7 Å². The first-order valence-corrected chi connectivity index (χ1v) is 8.23. The molecule has 1 N–H and O–H groups in total. The topological polar surface area (TPSA) is 49.4 Å². The fourth-order valence-electron chi connectivity index (χ4n) is 2.53. The van der Waals surface area contributed by atoms with E-state index in [-0.39, 0.29) is 17.7 Å². The van der Waals surface area contributed by atoms with Crippen LogP contribution in [-0.2, 0) is 9.59 Å². The van der Waals surface area contributed by atoms with E-state index in [1.807, 2.05) is 29.2 Å². The molecule has 1 fully saturated rings. The number of hydrogen-bond acceptors (Lipinski definition) is 2. The lowest BCUT2D eigenvalue weighted by Gasteiger charge is -2.16. The smallest absolute Gasteiger partial charge is 0.229 e. The van der Waals surface area contributed by atoms with Gasteiger partial charge in [0.2, 0.25) is 11.8 Å². The third-order valence-electron chi connectivity index (χ3n) is 3.71. The highest BCUT2D eigenvalue weighted by Crippen LogP contribution is 2.22. The van der Waals surface area contributed by atoms with Crippen molar-refractivity contribution in [3.8, 4) is 0 Å². The molecule has 2 rings (SSSR count). The van der Waals surface area contributed by atoms with Crippen LogP contribution in [0.3, 0.4) is 0 Å². The zero-order valence-electron chi connectivity index (χ0n) is 12.3. The van der Waals surface area contributed by atoms with Gasteiger partial charge < -0.3 is 10.2 Å². The van der Waals surface area contributed by atoms with Gasteiger partial charge >= 0.3 is 0 Å². The lowest BCUT2D eigenvalue weighted by molar-refractivity contribution is -0.128. The monoisotopic (exact) mass is 352 g/mol. The molecule has 1 aromatic rings. The SMILES string of the molecule is CCCCCN1CC(C(=O)Nc2cccc(Br)c2)CC1=O. The fourth-order valence-corrected chi connectivity index (χ4v) is 2.93. The van der Waals surface area contributed by atoms with Crippen LogP contribution in [0.5, 0.6) is 0 Å². The molecular weight excluding hydrogens is 332 g/mol. The summed E-state index contributed by atoms with van der Waals surface area (Å²) >= 11 is 3.38. The second-order valence-electron chi connectivity index (χ2n) is 5.45. The largest absolute Gasteiger partial charge is 0.342 e. The molecule has 1 heterocycles. The molecule has 0 aliphatic carbocycles. The molecule has 0 bridgehead atoms. The minimum atomic E-state index is -0.238. The van der Waals surface area contributed by atoms with Crippen LogP contribution >= 0.6 is 15.9 Å². The normalized spacial score (nSPS) is 18.1. The molecule has 0 radical (unpaired) electrons. The molecular formula is C16H21BrN2O2. The van der Waals surface area contributed by atoms with Gasteiger partial charge in [-0.25, -0.2) is 0 Å². The lowest BCUT2D eigenvalue weighted by atomic mass is 10.1. The average Bonchev–Trinajstić information content (AvgIpc) is 2.81. The second kappa shape index (κ2) is 7.59.